The van der Waals surface area contributed by atoms with Crippen LogP contribution in [0.25, 0.3) is 0 Å². The molecule has 0 amide bonds. The van der Waals surface area contributed by atoms with Gasteiger partial charge in [-0.2, -0.15) is 0 Å². The van der Waals surface area contributed by atoms with Gasteiger partial charge in [0.05, 0.1) is 16.1 Å². The summed E-state index contributed by atoms with van der Waals surface area (Å²) >= 11 is 11.6. The quantitative estimate of drug-likeness (QED) is 0.869. The summed E-state index contributed by atoms with van der Waals surface area (Å²) < 4.78 is 27.1. The van der Waals surface area contributed by atoms with Gasteiger partial charge in [-0.25, -0.2) is 13.2 Å². The Kier molecular flexibility index (Phi) is 4.65. The van der Waals surface area contributed by atoms with E-state index in [0.717, 1.165) is 0 Å². The minimum absolute atomic E-state index is 0.00565. The first kappa shape index (κ1) is 16.6. The van der Waals surface area contributed by atoms with E-state index in [0.29, 0.717) is 5.56 Å². The van der Waals surface area contributed by atoms with Gasteiger partial charge >= 0.3 is 5.97 Å². The number of aryl methyl sites for hydroxylation is 1. The van der Waals surface area contributed by atoms with Gasteiger partial charge < -0.3 is 5.11 Å². The molecule has 8 heteroatoms. The number of para-hydroxylation sites is 1. The summed E-state index contributed by atoms with van der Waals surface area (Å²) in [5.41, 5.74) is 0.347. The Balaban J connectivity index is 2.52. The number of sulfonamides is 1. The number of anilines is 1. The maximum atomic E-state index is 12.4. The van der Waals surface area contributed by atoms with E-state index in [1.807, 2.05) is 0 Å². The van der Waals surface area contributed by atoms with Gasteiger partial charge in [0.2, 0.25) is 0 Å². The van der Waals surface area contributed by atoms with Crippen molar-refractivity contribution < 1.29 is 18.3 Å². The second-order valence-electron chi connectivity index (χ2n) is 4.51. The fourth-order valence-electron chi connectivity index (χ4n) is 1.86. The van der Waals surface area contributed by atoms with Gasteiger partial charge in [0, 0.05) is 10.0 Å². The average molecular weight is 360 g/mol. The van der Waals surface area contributed by atoms with Crippen molar-refractivity contribution in [2.45, 2.75) is 11.8 Å². The summed E-state index contributed by atoms with van der Waals surface area (Å²) in [5.74, 6) is -1.23. The number of hydrogen-bond acceptors (Lipinski definition) is 3. The van der Waals surface area contributed by atoms with Crippen molar-refractivity contribution in [1.82, 2.24) is 0 Å². The molecular weight excluding hydrogens is 349 g/mol. The van der Waals surface area contributed by atoms with Crippen LogP contribution in [-0.2, 0) is 10.0 Å². The summed E-state index contributed by atoms with van der Waals surface area (Å²) in [6.07, 6.45) is 0. The van der Waals surface area contributed by atoms with Crippen LogP contribution in [0, 0.1) is 6.92 Å². The van der Waals surface area contributed by atoms with Crippen LogP contribution in [0.1, 0.15) is 15.9 Å². The van der Waals surface area contributed by atoms with E-state index in [4.69, 9.17) is 28.3 Å². The van der Waals surface area contributed by atoms with E-state index < -0.39 is 16.0 Å². The minimum atomic E-state index is -4.02. The second-order valence-corrected chi connectivity index (χ2v) is 7.07. The van der Waals surface area contributed by atoms with E-state index in [1.165, 1.54) is 30.3 Å². The molecule has 2 rings (SSSR count). The molecule has 0 unspecified atom stereocenters. The maximum Gasteiger partial charge on any atom is 0.337 e. The van der Waals surface area contributed by atoms with Crippen molar-refractivity contribution >= 4 is 44.9 Å². The molecule has 0 saturated carbocycles. The molecule has 0 bridgehead atoms. The third-order valence-electron chi connectivity index (χ3n) is 2.89. The van der Waals surface area contributed by atoms with E-state index in [9.17, 15) is 13.2 Å². The lowest BCUT2D eigenvalue weighted by Crippen LogP contribution is -2.16. The number of carbonyl (C=O) groups is 1. The van der Waals surface area contributed by atoms with E-state index in [1.54, 1.807) is 13.0 Å². The standard InChI is InChI=1S/C14H11Cl2NO4S/c1-8-3-2-4-12(14(18)19)13(8)17-22(20,21)11-6-9(15)5-10(16)7-11/h2-7,17H,1H3,(H,18,19). The van der Waals surface area contributed by atoms with Crippen molar-refractivity contribution in [3.05, 3.63) is 57.6 Å². The van der Waals surface area contributed by atoms with Gasteiger partial charge in [-0.3, -0.25) is 4.72 Å². The topological polar surface area (TPSA) is 83.5 Å². The normalized spacial score (nSPS) is 11.2. The van der Waals surface area contributed by atoms with Gasteiger partial charge in [0.25, 0.3) is 10.0 Å². The van der Waals surface area contributed by atoms with Crippen molar-refractivity contribution in [3.63, 3.8) is 0 Å². The van der Waals surface area contributed by atoms with Gasteiger partial charge in [-0.15, -0.1) is 0 Å². The van der Waals surface area contributed by atoms with Crippen molar-refractivity contribution in [2.75, 3.05) is 4.72 Å². The molecular formula is C14H11Cl2NO4S. The van der Waals surface area contributed by atoms with E-state index in [-0.39, 0.29) is 26.2 Å². The molecule has 0 aliphatic heterocycles. The lowest BCUT2D eigenvalue weighted by atomic mass is 10.1. The van der Waals surface area contributed by atoms with Gasteiger partial charge in [-0.05, 0) is 36.8 Å². The van der Waals surface area contributed by atoms with Crippen LogP contribution in [0.2, 0.25) is 10.0 Å². The summed E-state index contributed by atoms with van der Waals surface area (Å²) in [5, 5.41) is 9.49. The molecule has 2 N–H and O–H groups in total. The third-order valence-corrected chi connectivity index (χ3v) is 4.65. The third kappa shape index (κ3) is 3.52. The molecule has 0 heterocycles. The number of benzene rings is 2. The maximum absolute atomic E-state index is 12.4. The van der Waals surface area contributed by atoms with Crippen molar-refractivity contribution in [1.29, 1.82) is 0 Å². The molecule has 0 aromatic heterocycles. The number of halogens is 2. The van der Waals surface area contributed by atoms with E-state index in [2.05, 4.69) is 4.72 Å². The van der Waals surface area contributed by atoms with Gasteiger partial charge in [-0.1, -0.05) is 35.3 Å². The molecule has 0 fully saturated rings. The molecule has 0 aliphatic carbocycles. The highest BCUT2D eigenvalue weighted by Gasteiger charge is 2.20. The highest BCUT2D eigenvalue weighted by molar-refractivity contribution is 7.92. The Labute approximate surface area is 137 Å². The predicted molar refractivity (Wildman–Crippen MR) is 85.4 cm³/mol. The fourth-order valence-corrected chi connectivity index (χ4v) is 3.74. The minimum Gasteiger partial charge on any atom is -0.478 e. The summed E-state index contributed by atoms with van der Waals surface area (Å²) in [6.45, 7) is 1.61. The molecule has 0 atom stereocenters. The second kappa shape index (κ2) is 6.16. The summed E-state index contributed by atoms with van der Waals surface area (Å²) in [6, 6.07) is 8.32. The Morgan fingerprint density at radius 2 is 1.73 bits per heavy atom. The average Bonchev–Trinajstić information content (AvgIpc) is 2.39. The Morgan fingerprint density at radius 3 is 2.27 bits per heavy atom. The lowest BCUT2D eigenvalue weighted by molar-refractivity contribution is 0.0698. The monoisotopic (exact) mass is 359 g/mol. The number of nitrogens with one attached hydrogen (secondary N) is 1. The van der Waals surface area contributed by atoms with Gasteiger partial charge in [0.1, 0.15) is 0 Å². The Morgan fingerprint density at radius 1 is 1.14 bits per heavy atom. The highest BCUT2D eigenvalue weighted by Crippen LogP contribution is 2.27. The largest absolute Gasteiger partial charge is 0.478 e. The predicted octanol–water partition coefficient (Wildman–Crippen LogP) is 3.80. The SMILES string of the molecule is Cc1cccc(C(=O)O)c1NS(=O)(=O)c1cc(Cl)cc(Cl)c1. The van der Waals surface area contributed by atoms with Crippen molar-refractivity contribution in [3.8, 4) is 0 Å². The zero-order valence-corrected chi connectivity index (χ0v) is 13.6. The molecule has 0 spiro atoms. The molecule has 5 nitrogen and oxygen atoms in total. The number of aromatic carboxylic acids is 1. The summed E-state index contributed by atoms with van der Waals surface area (Å²) in [4.78, 5) is 11.1. The van der Waals surface area contributed by atoms with Crippen LogP contribution < -0.4 is 4.72 Å². The summed E-state index contributed by atoms with van der Waals surface area (Å²) in [7, 11) is -4.02. The number of carboxylic acids is 1. The molecule has 116 valence electrons. The fraction of sp³-hybridized carbons (Fsp3) is 0.0714. The number of rotatable bonds is 4. The van der Waals surface area contributed by atoms with Crippen LogP contribution in [0.15, 0.2) is 41.3 Å². The van der Waals surface area contributed by atoms with Crippen LogP contribution >= 0.6 is 23.2 Å². The Hall–Kier alpha value is -1.76. The first-order valence-electron chi connectivity index (χ1n) is 6.02. The van der Waals surface area contributed by atoms with Crippen LogP contribution in [0.4, 0.5) is 5.69 Å². The molecule has 0 saturated heterocycles. The lowest BCUT2D eigenvalue weighted by Gasteiger charge is -2.13. The number of hydrogen-bond donors (Lipinski definition) is 2. The highest BCUT2D eigenvalue weighted by atomic mass is 35.5. The molecule has 22 heavy (non-hydrogen) atoms. The smallest absolute Gasteiger partial charge is 0.337 e. The first-order chi connectivity index (χ1) is 10.2. The molecule has 0 aliphatic rings. The first-order valence-corrected chi connectivity index (χ1v) is 8.26. The van der Waals surface area contributed by atoms with Crippen molar-refractivity contribution in [2.24, 2.45) is 0 Å². The zero-order valence-electron chi connectivity index (χ0n) is 11.3. The number of carboxylic acid groups (broad SMARTS) is 1. The van der Waals surface area contributed by atoms with Crippen LogP contribution in [0.5, 0.6) is 0 Å². The Bertz CT molecular complexity index is 830. The van der Waals surface area contributed by atoms with E-state index >= 15 is 0 Å². The molecule has 2 aromatic rings. The van der Waals surface area contributed by atoms with Crippen LogP contribution in [-0.4, -0.2) is 19.5 Å². The molecule has 0 radical (unpaired) electrons. The van der Waals surface area contributed by atoms with Crippen LogP contribution in [0.3, 0.4) is 0 Å². The molecule has 2 aromatic carbocycles. The van der Waals surface area contributed by atoms with Gasteiger partial charge in [0.15, 0.2) is 0 Å². The zero-order chi connectivity index (χ0) is 16.5.